The Balaban J connectivity index is 4.44. The molecule has 2 N–H and O–H groups in total. The molecule has 0 aromatic rings. The zero-order valence-corrected chi connectivity index (χ0v) is 14.2. The summed E-state index contributed by atoms with van der Waals surface area (Å²) in [5, 5.41) is 2.83. The zero-order valence-electron chi connectivity index (χ0n) is 13.3. The maximum atomic E-state index is 11.2. The van der Waals surface area contributed by atoms with Gasteiger partial charge in [-0.2, -0.15) is 8.42 Å². The van der Waals surface area contributed by atoms with Gasteiger partial charge in [-0.1, -0.05) is 6.58 Å². The fraction of sp³-hybridized carbons (Fsp3) is 0.786. The van der Waals surface area contributed by atoms with Gasteiger partial charge in [-0.25, -0.2) is 0 Å². The van der Waals surface area contributed by atoms with E-state index in [1.54, 1.807) is 0 Å². The Kier molecular flexibility index (Phi) is 8.77. The highest BCUT2D eigenvalue weighted by Gasteiger charge is 2.24. The Bertz CT molecular complexity index is 430. The molecule has 0 aromatic heterocycles. The van der Waals surface area contributed by atoms with Gasteiger partial charge in [0.2, 0.25) is 5.91 Å². The standard InChI is InChI=1S/C14H28N2O4S/c1-5-14(17)15-13(4)9-11-16(6-2,7-3)10-8-12-21(18,19)20/h5,13H,1,6-12H2,2-4H3,(H-,15,17,18,19,20)/p+1. The quantitative estimate of drug-likeness (QED) is 0.340. The van der Waals surface area contributed by atoms with Crippen LogP contribution in [0.5, 0.6) is 0 Å². The second-order valence-corrected chi connectivity index (χ2v) is 7.04. The van der Waals surface area contributed by atoms with Crippen molar-refractivity contribution in [2.75, 3.05) is 31.9 Å². The second kappa shape index (κ2) is 9.17. The molecule has 0 bridgehead atoms. The van der Waals surface area contributed by atoms with Crippen LogP contribution in [0.1, 0.15) is 33.6 Å². The average molecular weight is 321 g/mol. The normalized spacial score (nSPS) is 13.7. The summed E-state index contributed by atoms with van der Waals surface area (Å²) in [5.74, 6) is -0.379. The first-order valence-electron chi connectivity index (χ1n) is 7.41. The van der Waals surface area contributed by atoms with E-state index < -0.39 is 10.1 Å². The summed E-state index contributed by atoms with van der Waals surface area (Å²) >= 11 is 0. The van der Waals surface area contributed by atoms with Gasteiger partial charge in [0, 0.05) is 18.9 Å². The third-order valence-electron chi connectivity index (χ3n) is 3.99. The van der Waals surface area contributed by atoms with Crippen LogP contribution >= 0.6 is 0 Å². The molecule has 6 nitrogen and oxygen atoms in total. The lowest BCUT2D eigenvalue weighted by atomic mass is 10.1. The van der Waals surface area contributed by atoms with Crippen molar-refractivity contribution in [3.8, 4) is 0 Å². The van der Waals surface area contributed by atoms with Crippen LogP contribution in [0.3, 0.4) is 0 Å². The van der Waals surface area contributed by atoms with E-state index in [2.05, 4.69) is 25.7 Å². The first-order valence-corrected chi connectivity index (χ1v) is 9.02. The van der Waals surface area contributed by atoms with Gasteiger partial charge in [0.05, 0.1) is 31.9 Å². The fourth-order valence-corrected chi connectivity index (χ4v) is 2.89. The largest absolute Gasteiger partial charge is 0.350 e. The van der Waals surface area contributed by atoms with Crippen molar-refractivity contribution in [2.45, 2.75) is 39.7 Å². The Morgan fingerprint density at radius 2 is 1.90 bits per heavy atom. The smallest absolute Gasteiger partial charge is 0.265 e. The van der Waals surface area contributed by atoms with Crippen LogP contribution < -0.4 is 5.32 Å². The molecule has 0 spiro atoms. The highest BCUT2D eigenvalue weighted by atomic mass is 32.2. The molecule has 1 amide bonds. The van der Waals surface area contributed by atoms with E-state index in [-0.39, 0.29) is 17.7 Å². The molecule has 0 rings (SSSR count). The molecule has 0 saturated carbocycles. The first-order chi connectivity index (χ1) is 9.68. The molecule has 124 valence electrons. The molecule has 0 heterocycles. The van der Waals surface area contributed by atoms with Crippen LogP contribution in [-0.2, 0) is 14.9 Å². The minimum absolute atomic E-state index is 0.0488. The Morgan fingerprint density at radius 1 is 1.33 bits per heavy atom. The molecular formula is C14H29N2O4S+. The predicted octanol–water partition coefficient (Wildman–Crippen LogP) is 1.20. The molecule has 7 heteroatoms. The molecule has 21 heavy (non-hydrogen) atoms. The number of carbonyl (C=O) groups excluding carboxylic acids is 1. The van der Waals surface area contributed by atoms with Crippen LogP contribution in [0.2, 0.25) is 0 Å². The topological polar surface area (TPSA) is 83.5 Å². The lowest BCUT2D eigenvalue weighted by molar-refractivity contribution is -0.925. The number of quaternary nitrogens is 1. The summed E-state index contributed by atoms with van der Waals surface area (Å²) < 4.78 is 31.2. The van der Waals surface area contributed by atoms with Gasteiger partial charge in [0.25, 0.3) is 10.1 Å². The fourth-order valence-electron chi connectivity index (χ4n) is 2.39. The van der Waals surface area contributed by atoms with E-state index in [1.165, 1.54) is 6.08 Å². The molecule has 1 atom stereocenters. The van der Waals surface area contributed by atoms with Crippen molar-refractivity contribution in [1.29, 1.82) is 0 Å². The number of rotatable bonds is 11. The molecule has 0 aliphatic carbocycles. The van der Waals surface area contributed by atoms with Gasteiger partial charge in [-0.05, 0) is 26.8 Å². The van der Waals surface area contributed by atoms with Crippen molar-refractivity contribution in [3.05, 3.63) is 12.7 Å². The number of amides is 1. The number of nitrogens with zero attached hydrogens (tertiary/aromatic N) is 1. The molecule has 0 saturated heterocycles. The maximum Gasteiger partial charge on any atom is 0.265 e. The average Bonchev–Trinajstić information content (AvgIpc) is 2.41. The van der Waals surface area contributed by atoms with Crippen LogP contribution in [0.25, 0.3) is 0 Å². The van der Waals surface area contributed by atoms with Crippen molar-refractivity contribution in [3.63, 3.8) is 0 Å². The van der Waals surface area contributed by atoms with Gasteiger partial charge in [0.1, 0.15) is 0 Å². The summed E-state index contributed by atoms with van der Waals surface area (Å²) in [6.07, 6.45) is 2.51. The number of hydrogen-bond acceptors (Lipinski definition) is 3. The van der Waals surface area contributed by atoms with E-state index in [0.717, 1.165) is 30.5 Å². The predicted molar refractivity (Wildman–Crippen MR) is 84.5 cm³/mol. The van der Waals surface area contributed by atoms with E-state index in [4.69, 9.17) is 4.55 Å². The molecule has 0 radical (unpaired) electrons. The maximum absolute atomic E-state index is 11.2. The number of hydrogen-bond donors (Lipinski definition) is 2. The second-order valence-electron chi connectivity index (χ2n) is 5.46. The summed E-state index contributed by atoms with van der Waals surface area (Å²) in [5.41, 5.74) is 0. The van der Waals surface area contributed by atoms with Gasteiger partial charge < -0.3 is 9.80 Å². The summed E-state index contributed by atoms with van der Waals surface area (Å²) in [6.45, 7) is 12.9. The van der Waals surface area contributed by atoms with Crippen LogP contribution in [0.4, 0.5) is 0 Å². The Morgan fingerprint density at radius 3 is 2.33 bits per heavy atom. The monoisotopic (exact) mass is 321 g/mol. The summed E-state index contributed by atoms with van der Waals surface area (Å²) in [7, 11) is -3.89. The first kappa shape index (κ1) is 20.1. The minimum Gasteiger partial charge on any atom is -0.350 e. The number of carbonyl (C=O) groups is 1. The Labute approximate surface area is 128 Å². The molecule has 0 fully saturated rings. The lowest BCUT2D eigenvalue weighted by Gasteiger charge is -2.37. The van der Waals surface area contributed by atoms with Crippen LogP contribution in [0, 0.1) is 0 Å². The van der Waals surface area contributed by atoms with Crippen LogP contribution in [-0.4, -0.2) is 61.3 Å². The van der Waals surface area contributed by atoms with Crippen molar-refractivity contribution in [2.24, 2.45) is 0 Å². The van der Waals surface area contributed by atoms with Crippen LogP contribution in [0.15, 0.2) is 12.7 Å². The third kappa shape index (κ3) is 8.85. The lowest BCUT2D eigenvalue weighted by Crippen LogP contribution is -2.51. The van der Waals surface area contributed by atoms with Gasteiger partial charge in [0.15, 0.2) is 0 Å². The molecule has 0 aromatic carbocycles. The molecule has 0 aliphatic heterocycles. The van der Waals surface area contributed by atoms with Gasteiger partial charge in [-0.15, -0.1) is 0 Å². The van der Waals surface area contributed by atoms with E-state index >= 15 is 0 Å². The minimum atomic E-state index is -3.89. The van der Waals surface area contributed by atoms with E-state index in [1.807, 2.05) is 6.92 Å². The summed E-state index contributed by atoms with van der Waals surface area (Å²) in [6, 6.07) is 0.0488. The van der Waals surface area contributed by atoms with Crippen molar-refractivity contribution < 1.29 is 22.2 Å². The van der Waals surface area contributed by atoms with Crippen molar-refractivity contribution in [1.82, 2.24) is 5.32 Å². The highest BCUT2D eigenvalue weighted by Crippen LogP contribution is 2.11. The molecule has 1 unspecified atom stereocenters. The third-order valence-corrected chi connectivity index (χ3v) is 4.79. The van der Waals surface area contributed by atoms with Gasteiger partial charge in [-0.3, -0.25) is 9.35 Å². The van der Waals surface area contributed by atoms with Gasteiger partial charge >= 0.3 is 0 Å². The highest BCUT2D eigenvalue weighted by molar-refractivity contribution is 7.85. The van der Waals surface area contributed by atoms with E-state index in [9.17, 15) is 13.2 Å². The molecular weight excluding hydrogens is 292 g/mol. The Hall–Kier alpha value is -0.920. The number of nitrogens with one attached hydrogen (secondary N) is 1. The zero-order chi connectivity index (χ0) is 16.5. The SMILES string of the molecule is C=CC(=O)NC(C)CC[N+](CC)(CC)CCCS(=O)(=O)O. The van der Waals surface area contributed by atoms with E-state index in [0.29, 0.717) is 13.0 Å². The summed E-state index contributed by atoms with van der Waals surface area (Å²) in [4.78, 5) is 11.2. The van der Waals surface area contributed by atoms with Crippen molar-refractivity contribution >= 4 is 16.0 Å². The molecule has 0 aliphatic rings.